The summed E-state index contributed by atoms with van der Waals surface area (Å²) in [5.74, 6) is 0.274. The number of rotatable bonds is 3. The molecular formula is C12H14N4O. The quantitative estimate of drug-likeness (QED) is 0.744. The zero-order valence-corrected chi connectivity index (χ0v) is 9.47. The molecule has 1 unspecified atom stereocenters. The average molecular weight is 230 g/mol. The van der Waals surface area contributed by atoms with Crippen LogP contribution in [-0.2, 0) is 4.79 Å². The van der Waals surface area contributed by atoms with Gasteiger partial charge in [-0.3, -0.25) is 9.89 Å². The number of hydrogen-bond acceptors (Lipinski definition) is 3. The lowest BCUT2D eigenvalue weighted by Gasteiger charge is -2.11. The van der Waals surface area contributed by atoms with E-state index in [1.54, 1.807) is 12.3 Å². The minimum atomic E-state index is -0.682. The molecule has 2 rings (SSSR count). The number of H-pyrrole nitrogens is 1. The summed E-state index contributed by atoms with van der Waals surface area (Å²) in [6.45, 7) is 1.99. The Hall–Kier alpha value is -2.14. The molecule has 17 heavy (non-hydrogen) atoms. The van der Waals surface area contributed by atoms with Gasteiger partial charge < -0.3 is 11.1 Å². The van der Waals surface area contributed by atoms with Crippen LogP contribution in [0, 0.1) is 6.92 Å². The Morgan fingerprint density at radius 1 is 1.35 bits per heavy atom. The van der Waals surface area contributed by atoms with Gasteiger partial charge in [-0.05, 0) is 12.5 Å². The first-order valence-electron chi connectivity index (χ1n) is 5.29. The molecule has 0 spiro atoms. The first-order chi connectivity index (χ1) is 8.16. The Balaban J connectivity index is 2.07. The maximum atomic E-state index is 11.8. The second-order valence-corrected chi connectivity index (χ2v) is 3.85. The Bertz CT molecular complexity index is 490. The third-order valence-electron chi connectivity index (χ3n) is 2.48. The number of nitrogens with zero attached hydrogens (tertiary/aromatic N) is 1. The molecule has 0 aliphatic rings. The van der Waals surface area contributed by atoms with E-state index in [0.717, 1.165) is 11.1 Å². The first-order valence-corrected chi connectivity index (χ1v) is 5.29. The van der Waals surface area contributed by atoms with E-state index < -0.39 is 6.04 Å². The molecule has 1 amide bonds. The topological polar surface area (TPSA) is 83.8 Å². The SMILES string of the molecule is Cc1ccc(C(N)C(=O)Nc2ccn[nH]2)cc1. The van der Waals surface area contributed by atoms with Crippen molar-refractivity contribution in [2.24, 2.45) is 5.73 Å². The van der Waals surface area contributed by atoms with Crippen molar-refractivity contribution in [1.82, 2.24) is 10.2 Å². The van der Waals surface area contributed by atoms with E-state index in [2.05, 4.69) is 15.5 Å². The van der Waals surface area contributed by atoms with Crippen LogP contribution >= 0.6 is 0 Å². The van der Waals surface area contributed by atoms with Gasteiger partial charge in [0.25, 0.3) is 0 Å². The van der Waals surface area contributed by atoms with Gasteiger partial charge in [0.05, 0.1) is 6.20 Å². The lowest BCUT2D eigenvalue weighted by Crippen LogP contribution is -2.27. The summed E-state index contributed by atoms with van der Waals surface area (Å²) in [6, 6.07) is 8.55. The number of nitrogens with two attached hydrogens (primary N) is 1. The second kappa shape index (κ2) is 4.80. The standard InChI is InChI=1S/C12H14N4O/c1-8-2-4-9(5-3-8)11(13)12(17)15-10-6-7-14-16-10/h2-7,11H,13H2,1H3,(H2,14,15,16,17). The molecule has 0 radical (unpaired) electrons. The normalized spacial score (nSPS) is 12.1. The van der Waals surface area contributed by atoms with Gasteiger partial charge in [0.1, 0.15) is 11.9 Å². The fraction of sp³-hybridized carbons (Fsp3) is 0.167. The van der Waals surface area contributed by atoms with Gasteiger partial charge in [-0.1, -0.05) is 29.8 Å². The molecule has 0 saturated carbocycles. The monoisotopic (exact) mass is 230 g/mol. The first kappa shape index (κ1) is 11.3. The van der Waals surface area contributed by atoms with Gasteiger partial charge >= 0.3 is 0 Å². The van der Waals surface area contributed by atoms with Gasteiger partial charge in [-0.15, -0.1) is 0 Å². The van der Waals surface area contributed by atoms with E-state index >= 15 is 0 Å². The zero-order chi connectivity index (χ0) is 12.3. The minimum Gasteiger partial charge on any atom is -0.316 e. The Labute approximate surface area is 99.0 Å². The highest BCUT2D eigenvalue weighted by molar-refractivity contribution is 5.94. The van der Waals surface area contributed by atoms with Crippen LogP contribution in [0.25, 0.3) is 0 Å². The number of carbonyl (C=O) groups excluding carboxylic acids is 1. The summed E-state index contributed by atoms with van der Waals surface area (Å²) in [6.07, 6.45) is 1.56. The molecule has 88 valence electrons. The van der Waals surface area contributed by atoms with Crippen LogP contribution in [-0.4, -0.2) is 16.1 Å². The third-order valence-corrected chi connectivity index (χ3v) is 2.48. The molecule has 0 fully saturated rings. The van der Waals surface area contributed by atoms with E-state index in [1.807, 2.05) is 31.2 Å². The zero-order valence-electron chi connectivity index (χ0n) is 9.47. The van der Waals surface area contributed by atoms with Gasteiger partial charge in [-0.2, -0.15) is 5.10 Å². The molecule has 1 heterocycles. The third kappa shape index (κ3) is 2.70. The van der Waals surface area contributed by atoms with Crippen molar-refractivity contribution < 1.29 is 4.79 Å². The van der Waals surface area contributed by atoms with Gasteiger partial charge in [-0.25, -0.2) is 0 Å². The van der Waals surface area contributed by atoms with Crippen LogP contribution < -0.4 is 11.1 Å². The van der Waals surface area contributed by atoms with Crippen molar-refractivity contribution in [3.8, 4) is 0 Å². The number of aromatic amines is 1. The molecule has 4 N–H and O–H groups in total. The lowest BCUT2D eigenvalue weighted by molar-refractivity contribution is -0.117. The molecule has 1 aromatic carbocycles. The van der Waals surface area contributed by atoms with E-state index in [4.69, 9.17) is 5.73 Å². The summed E-state index contributed by atoms with van der Waals surface area (Å²) >= 11 is 0. The smallest absolute Gasteiger partial charge is 0.247 e. The summed E-state index contributed by atoms with van der Waals surface area (Å²) in [5, 5.41) is 9.04. The highest BCUT2D eigenvalue weighted by atomic mass is 16.2. The molecule has 0 bridgehead atoms. The lowest BCUT2D eigenvalue weighted by atomic mass is 10.1. The van der Waals surface area contributed by atoms with Gasteiger partial charge in [0, 0.05) is 6.07 Å². The Kier molecular flexibility index (Phi) is 3.20. The predicted octanol–water partition coefficient (Wildman–Crippen LogP) is 1.36. The number of anilines is 1. The largest absolute Gasteiger partial charge is 0.316 e. The van der Waals surface area contributed by atoms with Crippen LogP contribution in [0.15, 0.2) is 36.5 Å². The van der Waals surface area contributed by atoms with Gasteiger partial charge in [0.15, 0.2) is 0 Å². The van der Waals surface area contributed by atoms with E-state index in [1.165, 1.54) is 0 Å². The molecule has 5 nitrogen and oxygen atoms in total. The van der Waals surface area contributed by atoms with Crippen LogP contribution in [0.2, 0.25) is 0 Å². The van der Waals surface area contributed by atoms with Crippen molar-refractivity contribution in [3.05, 3.63) is 47.7 Å². The van der Waals surface area contributed by atoms with Crippen molar-refractivity contribution in [2.75, 3.05) is 5.32 Å². The number of carbonyl (C=O) groups is 1. The number of nitrogens with one attached hydrogen (secondary N) is 2. The summed E-state index contributed by atoms with van der Waals surface area (Å²) in [7, 11) is 0. The van der Waals surface area contributed by atoms with Gasteiger partial charge in [0.2, 0.25) is 5.91 Å². The highest BCUT2D eigenvalue weighted by Gasteiger charge is 2.15. The number of hydrogen-bond donors (Lipinski definition) is 3. The number of amides is 1. The van der Waals surface area contributed by atoms with Crippen LogP contribution in [0.3, 0.4) is 0 Å². The van der Waals surface area contributed by atoms with E-state index in [9.17, 15) is 4.79 Å². The minimum absolute atomic E-state index is 0.266. The van der Waals surface area contributed by atoms with Crippen LogP contribution in [0.5, 0.6) is 0 Å². The Morgan fingerprint density at radius 2 is 2.06 bits per heavy atom. The highest BCUT2D eigenvalue weighted by Crippen LogP contribution is 2.13. The number of aromatic nitrogens is 2. The van der Waals surface area contributed by atoms with Crippen molar-refractivity contribution in [3.63, 3.8) is 0 Å². The summed E-state index contributed by atoms with van der Waals surface area (Å²) in [4.78, 5) is 11.8. The fourth-order valence-corrected chi connectivity index (χ4v) is 1.46. The van der Waals surface area contributed by atoms with Crippen molar-refractivity contribution in [1.29, 1.82) is 0 Å². The van der Waals surface area contributed by atoms with Crippen LogP contribution in [0.4, 0.5) is 5.82 Å². The molecular weight excluding hydrogens is 216 g/mol. The van der Waals surface area contributed by atoms with E-state index in [-0.39, 0.29) is 5.91 Å². The molecule has 0 saturated heterocycles. The molecule has 1 atom stereocenters. The number of benzene rings is 1. The molecule has 5 heteroatoms. The molecule has 2 aromatic rings. The maximum absolute atomic E-state index is 11.8. The Morgan fingerprint density at radius 3 is 2.65 bits per heavy atom. The maximum Gasteiger partial charge on any atom is 0.247 e. The van der Waals surface area contributed by atoms with Crippen molar-refractivity contribution >= 4 is 11.7 Å². The summed E-state index contributed by atoms with van der Waals surface area (Å²) in [5.41, 5.74) is 7.78. The number of aryl methyl sites for hydroxylation is 1. The second-order valence-electron chi connectivity index (χ2n) is 3.85. The van der Waals surface area contributed by atoms with Crippen LogP contribution in [0.1, 0.15) is 17.2 Å². The summed E-state index contributed by atoms with van der Waals surface area (Å²) < 4.78 is 0. The molecule has 0 aliphatic carbocycles. The molecule has 0 aliphatic heterocycles. The van der Waals surface area contributed by atoms with Crippen molar-refractivity contribution in [2.45, 2.75) is 13.0 Å². The fourth-order valence-electron chi connectivity index (χ4n) is 1.46. The predicted molar refractivity (Wildman–Crippen MR) is 65.3 cm³/mol. The average Bonchev–Trinajstić information content (AvgIpc) is 2.82. The van der Waals surface area contributed by atoms with E-state index in [0.29, 0.717) is 5.82 Å². The molecule has 1 aromatic heterocycles.